The Morgan fingerprint density at radius 3 is 2.89 bits per heavy atom. The van der Waals surface area contributed by atoms with Crippen molar-refractivity contribution in [3.63, 3.8) is 0 Å². The van der Waals surface area contributed by atoms with E-state index >= 15 is 0 Å². The summed E-state index contributed by atoms with van der Waals surface area (Å²) in [6, 6.07) is 0. The molecule has 0 aromatic carbocycles. The molecule has 0 saturated carbocycles. The van der Waals surface area contributed by atoms with Gasteiger partial charge in [0.1, 0.15) is 5.56 Å². The maximum Gasteiger partial charge on any atom is 0.271 e. The van der Waals surface area contributed by atoms with Gasteiger partial charge in [0, 0.05) is 31.9 Å². The molecule has 2 rings (SSSR count). The minimum absolute atomic E-state index is 0.0811. The number of amides is 2. The molecular weight excluding hydrogens is 268 g/mol. The molecule has 8 heteroatoms. The van der Waals surface area contributed by atoms with Crippen molar-refractivity contribution >= 4 is 28.1 Å². The number of aromatic nitrogens is 2. The predicted octanol–water partition coefficient (Wildman–Crippen LogP) is -0.426. The molecule has 0 fully saturated rings. The van der Waals surface area contributed by atoms with Crippen LogP contribution in [0.25, 0.3) is 4.96 Å². The molecule has 0 atom stereocenters. The van der Waals surface area contributed by atoms with Crippen LogP contribution in [0, 0.1) is 0 Å². The number of rotatable bonds is 3. The number of thiazole rings is 1. The quantitative estimate of drug-likeness (QED) is 0.827. The smallest absolute Gasteiger partial charge is 0.271 e. The van der Waals surface area contributed by atoms with Gasteiger partial charge in [0.05, 0.1) is 6.54 Å². The fraction of sp³-hybridized carbons (Fsp3) is 0.273. The number of nitrogens with zero attached hydrogens (tertiary/aromatic N) is 3. The number of nitrogens with one attached hydrogen (secondary N) is 1. The number of fused-ring (bicyclic) bond motifs is 1. The van der Waals surface area contributed by atoms with Gasteiger partial charge in [0.25, 0.3) is 11.5 Å². The summed E-state index contributed by atoms with van der Waals surface area (Å²) in [5.74, 6) is -0.855. The molecule has 0 bridgehead atoms. The second-order valence-corrected chi connectivity index (χ2v) is 4.88. The van der Waals surface area contributed by atoms with Crippen molar-refractivity contribution in [2.24, 2.45) is 0 Å². The zero-order chi connectivity index (χ0) is 14.0. The van der Waals surface area contributed by atoms with Crippen LogP contribution in [0.3, 0.4) is 0 Å². The second kappa shape index (κ2) is 5.19. The van der Waals surface area contributed by atoms with Crippen LogP contribution in [0.2, 0.25) is 0 Å². The van der Waals surface area contributed by atoms with Gasteiger partial charge in [0.15, 0.2) is 4.96 Å². The lowest BCUT2D eigenvalue weighted by Gasteiger charge is -2.10. The summed E-state index contributed by atoms with van der Waals surface area (Å²) in [6.07, 6.45) is 2.78. The summed E-state index contributed by atoms with van der Waals surface area (Å²) >= 11 is 1.30. The van der Waals surface area contributed by atoms with E-state index in [9.17, 15) is 14.4 Å². The lowest BCUT2D eigenvalue weighted by molar-refractivity contribution is -0.127. The summed E-state index contributed by atoms with van der Waals surface area (Å²) in [5.41, 5.74) is -0.525. The van der Waals surface area contributed by atoms with Crippen molar-refractivity contribution in [2.45, 2.75) is 0 Å². The minimum Gasteiger partial charge on any atom is -0.347 e. The van der Waals surface area contributed by atoms with E-state index in [0.29, 0.717) is 4.96 Å². The first-order valence-electron chi connectivity index (χ1n) is 5.44. The first kappa shape index (κ1) is 13.2. The Kier molecular flexibility index (Phi) is 3.61. The monoisotopic (exact) mass is 280 g/mol. The molecule has 2 aromatic heterocycles. The van der Waals surface area contributed by atoms with Crippen LogP contribution >= 0.6 is 11.3 Å². The van der Waals surface area contributed by atoms with Gasteiger partial charge in [-0.15, -0.1) is 11.3 Å². The van der Waals surface area contributed by atoms with Gasteiger partial charge in [-0.25, -0.2) is 4.98 Å². The Balaban J connectivity index is 2.20. The maximum absolute atomic E-state index is 12.0. The lowest BCUT2D eigenvalue weighted by atomic mass is 10.3. The third-order valence-corrected chi connectivity index (χ3v) is 3.26. The van der Waals surface area contributed by atoms with Crippen LogP contribution < -0.4 is 10.9 Å². The molecule has 2 heterocycles. The standard InChI is InChI=1S/C11H12N4O3S/c1-14(2)8(16)6-12-9(17)7-5-13-11-15(10(7)18)3-4-19-11/h3-5H,6H2,1-2H3,(H,12,17). The highest BCUT2D eigenvalue weighted by Crippen LogP contribution is 2.05. The number of carbonyl (C=O) groups is 2. The third kappa shape index (κ3) is 2.63. The van der Waals surface area contributed by atoms with Crippen LogP contribution in [-0.2, 0) is 4.79 Å². The Hall–Kier alpha value is -2.22. The number of likely N-dealkylation sites (N-methyl/N-ethyl adjacent to an activating group) is 1. The first-order valence-corrected chi connectivity index (χ1v) is 6.32. The van der Waals surface area contributed by atoms with E-state index < -0.39 is 11.5 Å². The van der Waals surface area contributed by atoms with E-state index in [4.69, 9.17) is 0 Å². The van der Waals surface area contributed by atoms with Gasteiger partial charge >= 0.3 is 0 Å². The van der Waals surface area contributed by atoms with Crippen LogP contribution in [0.4, 0.5) is 0 Å². The molecule has 0 unspecified atom stereocenters. The van der Waals surface area contributed by atoms with Gasteiger partial charge in [0.2, 0.25) is 5.91 Å². The fourth-order valence-corrected chi connectivity index (χ4v) is 2.06. The maximum atomic E-state index is 12.0. The van der Waals surface area contributed by atoms with Crippen LogP contribution in [0.1, 0.15) is 10.4 Å². The van der Waals surface area contributed by atoms with E-state index in [1.807, 2.05) is 0 Å². The molecule has 100 valence electrons. The Morgan fingerprint density at radius 1 is 1.47 bits per heavy atom. The molecule has 1 N–H and O–H groups in total. The van der Waals surface area contributed by atoms with Gasteiger partial charge in [-0.2, -0.15) is 0 Å². The largest absolute Gasteiger partial charge is 0.347 e. The molecule has 0 radical (unpaired) electrons. The van der Waals surface area contributed by atoms with Gasteiger partial charge in [-0.3, -0.25) is 18.8 Å². The Bertz CT molecular complexity index is 689. The highest BCUT2D eigenvalue weighted by Gasteiger charge is 2.15. The van der Waals surface area contributed by atoms with Gasteiger partial charge in [-0.1, -0.05) is 0 Å². The zero-order valence-electron chi connectivity index (χ0n) is 10.4. The molecule has 19 heavy (non-hydrogen) atoms. The molecule has 0 spiro atoms. The molecule has 2 amide bonds. The lowest BCUT2D eigenvalue weighted by Crippen LogP contribution is -2.38. The molecule has 0 aliphatic rings. The van der Waals surface area contributed by atoms with Crippen LogP contribution in [0.15, 0.2) is 22.6 Å². The average molecular weight is 280 g/mol. The summed E-state index contributed by atoms with van der Waals surface area (Å²) in [5, 5.41) is 4.11. The first-order chi connectivity index (χ1) is 9.00. The SMILES string of the molecule is CN(C)C(=O)CNC(=O)c1cnc2sccn2c1=O. The van der Waals surface area contributed by atoms with Crippen molar-refractivity contribution in [3.8, 4) is 0 Å². The summed E-state index contributed by atoms with van der Waals surface area (Å²) in [7, 11) is 3.17. The summed E-state index contributed by atoms with van der Waals surface area (Å²) in [4.78, 5) is 41.0. The number of carbonyl (C=O) groups excluding carboxylic acids is 2. The summed E-state index contributed by atoms with van der Waals surface area (Å²) in [6.45, 7) is -0.155. The molecular formula is C11H12N4O3S. The van der Waals surface area contributed by atoms with Crippen molar-refractivity contribution in [3.05, 3.63) is 33.7 Å². The van der Waals surface area contributed by atoms with Crippen molar-refractivity contribution in [2.75, 3.05) is 20.6 Å². The van der Waals surface area contributed by atoms with Gasteiger partial charge < -0.3 is 10.2 Å². The zero-order valence-corrected chi connectivity index (χ0v) is 11.2. The van der Waals surface area contributed by atoms with E-state index in [2.05, 4.69) is 10.3 Å². The Morgan fingerprint density at radius 2 is 2.21 bits per heavy atom. The normalized spacial score (nSPS) is 10.4. The average Bonchev–Trinajstić information content (AvgIpc) is 2.85. The molecule has 0 aliphatic carbocycles. The van der Waals surface area contributed by atoms with E-state index in [-0.39, 0.29) is 18.0 Å². The summed E-state index contributed by atoms with van der Waals surface area (Å²) < 4.78 is 1.30. The molecule has 2 aromatic rings. The fourth-order valence-electron chi connectivity index (χ4n) is 1.39. The van der Waals surface area contributed by atoms with Crippen LogP contribution in [0.5, 0.6) is 0 Å². The van der Waals surface area contributed by atoms with Crippen molar-refractivity contribution in [1.29, 1.82) is 0 Å². The third-order valence-electron chi connectivity index (χ3n) is 2.49. The number of hydrogen-bond donors (Lipinski definition) is 1. The number of hydrogen-bond acceptors (Lipinski definition) is 5. The molecule has 7 nitrogen and oxygen atoms in total. The minimum atomic E-state index is -0.603. The van der Waals surface area contributed by atoms with E-state index in [1.54, 1.807) is 25.7 Å². The van der Waals surface area contributed by atoms with Gasteiger partial charge in [-0.05, 0) is 0 Å². The highest BCUT2D eigenvalue weighted by molar-refractivity contribution is 7.15. The van der Waals surface area contributed by atoms with Crippen molar-refractivity contribution in [1.82, 2.24) is 19.6 Å². The Labute approximate surface area is 112 Å². The van der Waals surface area contributed by atoms with Crippen molar-refractivity contribution < 1.29 is 9.59 Å². The van der Waals surface area contributed by atoms with E-state index in [0.717, 1.165) is 0 Å². The predicted molar refractivity (Wildman–Crippen MR) is 70.4 cm³/mol. The molecule has 0 saturated heterocycles. The van der Waals surface area contributed by atoms with Crippen LogP contribution in [-0.4, -0.2) is 46.7 Å². The topological polar surface area (TPSA) is 83.8 Å². The second-order valence-electron chi connectivity index (χ2n) is 4.00. The van der Waals surface area contributed by atoms with E-state index in [1.165, 1.54) is 26.8 Å². The molecule has 0 aliphatic heterocycles. The highest BCUT2D eigenvalue weighted by atomic mass is 32.1.